The Morgan fingerprint density at radius 1 is 1.27 bits per heavy atom. The summed E-state index contributed by atoms with van der Waals surface area (Å²) in [5.41, 5.74) is 0.892. The first kappa shape index (κ1) is 8.30. The van der Waals surface area contributed by atoms with Gasteiger partial charge in [-0.05, 0) is 17.5 Å². The van der Waals surface area contributed by atoms with Crippen molar-refractivity contribution in [2.75, 3.05) is 0 Å². The van der Waals surface area contributed by atoms with Crippen LogP contribution in [-0.2, 0) is 0 Å². The molecule has 0 saturated heterocycles. The standard InChI is InChI=1S/C7H5NOS.ClH/c9-7-2-1-6-5(8-7)3-4-10-6;/h1-4H,(H,8,9);1H. The van der Waals surface area contributed by atoms with Crippen molar-refractivity contribution in [1.82, 2.24) is 4.98 Å². The molecule has 0 atom stereocenters. The fourth-order valence-corrected chi connectivity index (χ4v) is 1.62. The van der Waals surface area contributed by atoms with Gasteiger partial charge in [-0.2, -0.15) is 0 Å². The lowest BCUT2D eigenvalue weighted by atomic mass is 10.4. The first-order valence-electron chi connectivity index (χ1n) is 2.93. The maximum atomic E-state index is 10.7. The van der Waals surface area contributed by atoms with Crippen LogP contribution in [0.25, 0.3) is 10.2 Å². The van der Waals surface area contributed by atoms with Crippen LogP contribution in [0.2, 0.25) is 0 Å². The predicted octanol–water partition coefficient (Wildman–Crippen LogP) is 2.01. The maximum absolute atomic E-state index is 10.7. The molecular formula is C7H6ClNOS. The van der Waals surface area contributed by atoms with Gasteiger partial charge in [0.15, 0.2) is 0 Å². The third-order valence-electron chi connectivity index (χ3n) is 1.34. The Balaban J connectivity index is 0.000000605. The molecule has 0 bridgehead atoms. The van der Waals surface area contributed by atoms with Crippen LogP contribution in [-0.4, -0.2) is 4.98 Å². The topological polar surface area (TPSA) is 32.9 Å². The second-order valence-electron chi connectivity index (χ2n) is 2.02. The van der Waals surface area contributed by atoms with E-state index in [2.05, 4.69) is 4.98 Å². The van der Waals surface area contributed by atoms with Gasteiger partial charge < -0.3 is 4.98 Å². The van der Waals surface area contributed by atoms with Crippen LogP contribution in [0.1, 0.15) is 0 Å². The average Bonchev–Trinajstić information content (AvgIpc) is 2.33. The lowest BCUT2D eigenvalue weighted by molar-refractivity contribution is 1.32. The molecule has 2 rings (SSSR count). The van der Waals surface area contributed by atoms with Crippen molar-refractivity contribution in [3.05, 3.63) is 33.9 Å². The molecule has 58 valence electrons. The molecule has 0 unspecified atom stereocenters. The number of rotatable bonds is 0. The second-order valence-corrected chi connectivity index (χ2v) is 2.97. The Labute approximate surface area is 73.3 Å². The molecular weight excluding hydrogens is 182 g/mol. The summed E-state index contributed by atoms with van der Waals surface area (Å²) in [6.45, 7) is 0. The summed E-state index contributed by atoms with van der Waals surface area (Å²) >= 11 is 1.63. The maximum Gasteiger partial charge on any atom is 0.248 e. The number of thiophene rings is 1. The monoisotopic (exact) mass is 187 g/mol. The number of pyridine rings is 1. The summed E-state index contributed by atoms with van der Waals surface area (Å²) in [5.74, 6) is 0. The van der Waals surface area contributed by atoms with Gasteiger partial charge in [0.25, 0.3) is 0 Å². The lowest BCUT2D eigenvalue weighted by Crippen LogP contribution is -2.00. The third-order valence-corrected chi connectivity index (χ3v) is 2.22. The second kappa shape index (κ2) is 3.07. The first-order chi connectivity index (χ1) is 4.86. The van der Waals surface area contributed by atoms with Crippen LogP contribution in [0, 0.1) is 0 Å². The van der Waals surface area contributed by atoms with Crippen LogP contribution in [0.3, 0.4) is 0 Å². The van der Waals surface area contributed by atoms with Crippen LogP contribution >= 0.6 is 23.7 Å². The predicted molar refractivity (Wildman–Crippen MR) is 49.7 cm³/mol. The molecule has 0 aliphatic heterocycles. The smallest absolute Gasteiger partial charge is 0.248 e. The SMILES string of the molecule is Cl.O=c1ccc2sccc2[nH]1. The molecule has 0 aromatic carbocycles. The Morgan fingerprint density at radius 2 is 2.09 bits per heavy atom. The van der Waals surface area contributed by atoms with Crippen molar-refractivity contribution < 1.29 is 0 Å². The fraction of sp³-hybridized carbons (Fsp3) is 0. The summed E-state index contributed by atoms with van der Waals surface area (Å²) in [7, 11) is 0. The Bertz CT molecular complexity index is 406. The van der Waals surface area contributed by atoms with Crippen molar-refractivity contribution in [1.29, 1.82) is 0 Å². The van der Waals surface area contributed by atoms with Crippen LogP contribution in [0.4, 0.5) is 0 Å². The van der Waals surface area contributed by atoms with Crippen molar-refractivity contribution in [2.24, 2.45) is 0 Å². The minimum absolute atomic E-state index is 0. The van der Waals surface area contributed by atoms with E-state index in [0.29, 0.717) is 0 Å². The Kier molecular flexibility index (Phi) is 2.31. The number of aromatic nitrogens is 1. The van der Waals surface area contributed by atoms with Crippen LogP contribution < -0.4 is 5.56 Å². The number of nitrogens with one attached hydrogen (secondary N) is 1. The van der Waals surface area contributed by atoms with Gasteiger partial charge in [0.2, 0.25) is 5.56 Å². The molecule has 2 aromatic rings. The molecule has 4 heteroatoms. The number of H-pyrrole nitrogens is 1. The summed E-state index contributed by atoms with van der Waals surface area (Å²) in [6.07, 6.45) is 0. The van der Waals surface area contributed by atoms with Gasteiger partial charge in [-0.15, -0.1) is 23.7 Å². The summed E-state index contributed by atoms with van der Waals surface area (Å²) in [5, 5.41) is 1.96. The summed E-state index contributed by atoms with van der Waals surface area (Å²) < 4.78 is 1.12. The van der Waals surface area contributed by atoms with Gasteiger partial charge in [-0.1, -0.05) is 0 Å². The van der Waals surface area contributed by atoms with E-state index in [1.807, 2.05) is 17.5 Å². The van der Waals surface area contributed by atoms with Crippen molar-refractivity contribution >= 4 is 34.0 Å². The van der Waals surface area contributed by atoms with Crippen LogP contribution in [0.5, 0.6) is 0 Å². The van der Waals surface area contributed by atoms with Crippen molar-refractivity contribution in [3.8, 4) is 0 Å². The van der Waals surface area contributed by atoms with E-state index in [1.54, 1.807) is 17.4 Å². The normalized spacial score (nSPS) is 9.45. The molecule has 2 heterocycles. The van der Waals surface area contributed by atoms with Gasteiger partial charge >= 0.3 is 0 Å². The van der Waals surface area contributed by atoms with Gasteiger partial charge in [0.05, 0.1) is 10.2 Å². The fourth-order valence-electron chi connectivity index (χ4n) is 0.879. The van der Waals surface area contributed by atoms with Gasteiger partial charge in [-0.25, -0.2) is 0 Å². The largest absolute Gasteiger partial charge is 0.321 e. The molecule has 1 N–H and O–H groups in total. The van der Waals surface area contributed by atoms with E-state index in [4.69, 9.17) is 0 Å². The van der Waals surface area contributed by atoms with Gasteiger partial charge in [0.1, 0.15) is 0 Å². The Hall–Kier alpha value is -0.800. The average molecular weight is 188 g/mol. The Morgan fingerprint density at radius 3 is 2.91 bits per heavy atom. The number of hydrogen-bond donors (Lipinski definition) is 1. The first-order valence-corrected chi connectivity index (χ1v) is 3.81. The zero-order chi connectivity index (χ0) is 6.97. The molecule has 0 aliphatic carbocycles. The third kappa shape index (κ3) is 1.44. The zero-order valence-electron chi connectivity index (χ0n) is 5.53. The highest BCUT2D eigenvalue weighted by molar-refractivity contribution is 7.17. The van der Waals surface area contributed by atoms with E-state index in [0.717, 1.165) is 10.2 Å². The van der Waals surface area contributed by atoms with Crippen molar-refractivity contribution in [2.45, 2.75) is 0 Å². The van der Waals surface area contributed by atoms with Crippen molar-refractivity contribution in [3.63, 3.8) is 0 Å². The summed E-state index contributed by atoms with van der Waals surface area (Å²) in [6, 6.07) is 5.28. The molecule has 0 fully saturated rings. The molecule has 0 amide bonds. The van der Waals surface area contributed by atoms with E-state index in [1.165, 1.54) is 0 Å². The van der Waals surface area contributed by atoms with E-state index in [9.17, 15) is 4.79 Å². The van der Waals surface area contributed by atoms with Gasteiger partial charge in [0, 0.05) is 6.07 Å². The minimum Gasteiger partial charge on any atom is -0.321 e. The number of aromatic amines is 1. The highest BCUT2D eigenvalue weighted by atomic mass is 35.5. The number of halogens is 1. The highest BCUT2D eigenvalue weighted by Crippen LogP contribution is 2.15. The lowest BCUT2D eigenvalue weighted by Gasteiger charge is -1.83. The molecule has 2 aromatic heterocycles. The molecule has 0 aliphatic rings. The quantitative estimate of drug-likeness (QED) is 0.673. The van der Waals surface area contributed by atoms with E-state index < -0.39 is 0 Å². The van der Waals surface area contributed by atoms with Crippen LogP contribution in [0.15, 0.2) is 28.4 Å². The number of fused-ring (bicyclic) bond motifs is 1. The van der Waals surface area contributed by atoms with E-state index >= 15 is 0 Å². The van der Waals surface area contributed by atoms with E-state index in [-0.39, 0.29) is 18.0 Å². The molecule has 0 spiro atoms. The molecule has 0 saturated carbocycles. The minimum atomic E-state index is -0.0362. The molecule has 0 radical (unpaired) electrons. The molecule has 2 nitrogen and oxygen atoms in total. The highest BCUT2D eigenvalue weighted by Gasteiger charge is 1.91. The summed E-state index contributed by atoms with van der Waals surface area (Å²) in [4.78, 5) is 13.5. The van der Waals surface area contributed by atoms with Gasteiger partial charge in [-0.3, -0.25) is 4.79 Å². The number of hydrogen-bond acceptors (Lipinski definition) is 2. The molecule has 11 heavy (non-hydrogen) atoms. The zero-order valence-corrected chi connectivity index (χ0v) is 7.17.